The third kappa shape index (κ3) is 1.05. The third-order valence-electron chi connectivity index (χ3n) is 3.67. The lowest BCUT2D eigenvalue weighted by Gasteiger charge is -2.04. The first-order chi connectivity index (χ1) is 4.90. The lowest BCUT2D eigenvalue weighted by Crippen LogP contribution is -1.95. The fraction of sp³-hybridized carbons (Fsp3) is 1.00. The molecule has 0 radical (unpaired) electrons. The summed E-state index contributed by atoms with van der Waals surface area (Å²) in [6, 6.07) is 0. The topological polar surface area (TPSA) is 0 Å². The molecule has 0 spiro atoms. The van der Waals surface area contributed by atoms with Crippen LogP contribution in [0.5, 0.6) is 0 Å². The molecule has 0 N–H and O–H groups in total. The van der Waals surface area contributed by atoms with Crippen molar-refractivity contribution in [2.45, 2.75) is 44.2 Å². The first-order valence-electron chi connectivity index (χ1n) is 4.90. The predicted molar refractivity (Wildman–Crippen MR) is 48.2 cm³/mol. The third-order valence-corrected chi connectivity index (χ3v) is 5.49. The summed E-state index contributed by atoms with van der Waals surface area (Å²) >= 11 is 0. The molecule has 1 heteroatoms. The first-order valence-corrected chi connectivity index (χ1v) is 7.13. The van der Waals surface area contributed by atoms with E-state index in [-0.39, 0.29) is 0 Å². The van der Waals surface area contributed by atoms with Gasteiger partial charge in [0.05, 0.1) is 0 Å². The Morgan fingerprint density at radius 1 is 1.10 bits per heavy atom. The van der Waals surface area contributed by atoms with Crippen molar-refractivity contribution in [3.05, 3.63) is 0 Å². The molecule has 2 fully saturated rings. The van der Waals surface area contributed by atoms with Crippen LogP contribution in [0, 0.1) is 11.8 Å². The summed E-state index contributed by atoms with van der Waals surface area (Å²) in [7, 11) is 0.351. The highest BCUT2D eigenvalue weighted by molar-refractivity contribution is 6.35. The zero-order chi connectivity index (χ0) is 6.97. The van der Waals surface area contributed by atoms with Crippen LogP contribution < -0.4 is 0 Å². The van der Waals surface area contributed by atoms with E-state index in [1.807, 2.05) is 0 Å². The standard InChI is InChI=1S/C9H18Si/c1-10-9-5-7-3-2-4-8(7)6-9/h7-9H,2-6,10H2,1H3. The van der Waals surface area contributed by atoms with Crippen molar-refractivity contribution < 1.29 is 0 Å². The van der Waals surface area contributed by atoms with Gasteiger partial charge in [0, 0.05) is 9.52 Å². The SMILES string of the molecule is C[SiH2]C1CC2CCCC2C1. The molecule has 2 aliphatic carbocycles. The molecule has 58 valence electrons. The molecule has 0 nitrogen and oxygen atoms in total. The average Bonchev–Trinajstić information content (AvgIpc) is 2.42. The van der Waals surface area contributed by atoms with Crippen molar-refractivity contribution in [3.8, 4) is 0 Å². The molecule has 0 aliphatic heterocycles. The van der Waals surface area contributed by atoms with E-state index in [1.165, 1.54) is 17.4 Å². The summed E-state index contributed by atoms with van der Waals surface area (Å²) in [4.78, 5) is 0. The zero-order valence-corrected chi connectivity index (χ0v) is 8.39. The molecular formula is C9H18Si. The van der Waals surface area contributed by atoms with E-state index in [0.29, 0.717) is 9.52 Å². The maximum Gasteiger partial charge on any atom is 0.0201 e. The summed E-state index contributed by atoms with van der Waals surface area (Å²) in [5.74, 6) is 2.38. The van der Waals surface area contributed by atoms with E-state index in [2.05, 4.69) is 6.55 Å². The molecule has 0 saturated heterocycles. The minimum Gasteiger partial charge on any atom is -0.0746 e. The van der Waals surface area contributed by atoms with Gasteiger partial charge in [-0.2, -0.15) is 0 Å². The molecular weight excluding hydrogens is 136 g/mol. The van der Waals surface area contributed by atoms with Gasteiger partial charge in [-0.05, 0) is 11.8 Å². The molecule has 0 aromatic rings. The Hall–Kier alpha value is 0.217. The minimum absolute atomic E-state index is 0.351. The molecule has 0 bridgehead atoms. The molecule has 10 heavy (non-hydrogen) atoms. The molecule has 2 unspecified atom stereocenters. The van der Waals surface area contributed by atoms with Gasteiger partial charge in [0.1, 0.15) is 0 Å². The quantitative estimate of drug-likeness (QED) is 0.508. The minimum atomic E-state index is 0.351. The van der Waals surface area contributed by atoms with Crippen LogP contribution in [0.25, 0.3) is 0 Å². The first kappa shape index (κ1) is 6.90. The van der Waals surface area contributed by atoms with Crippen molar-refractivity contribution in [2.75, 3.05) is 0 Å². The van der Waals surface area contributed by atoms with Gasteiger partial charge < -0.3 is 0 Å². The summed E-state index contributed by atoms with van der Waals surface area (Å²) in [6.45, 7) is 2.49. The zero-order valence-electron chi connectivity index (χ0n) is 6.97. The van der Waals surface area contributed by atoms with Crippen molar-refractivity contribution in [1.82, 2.24) is 0 Å². The van der Waals surface area contributed by atoms with Crippen molar-refractivity contribution in [1.29, 1.82) is 0 Å². The van der Waals surface area contributed by atoms with Crippen molar-refractivity contribution in [3.63, 3.8) is 0 Å². The normalized spacial score (nSPS) is 47.1. The summed E-state index contributed by atoms with van der Waals surface area (Å²) < 4.78 is 0. The van der Waals surface area contributed by atoms with E-state index in [4.69, 9.17) is 0 Å². The van der Waals surface area contributed by atoms with Gasteiger partial charge in [-0.25, -0.2) is 0 Å². The van der Waals surface area contributed by atoms with Crippen LogP contribution in [0.4, 0.5) is 0 Å². The highest BCUT2D eigenvalue weighted by Crippen LogP contribution is 2.48. The Balaban J connectivity index is 1.94. The molecule has 0 amide bonds. The largest absolute Gasteiger partial charge is 0.0746 e. The van der Waals surface area contributed by atoms with E-state index in [1.54, 1.807) is 32.1 Å². The average molecular weight is 154 g/mol. The van der Waals surface area contributed by atoms with Crippen LogP contribution in [-0.2, 0) is 0 Å². The summed E-state index contributed by atoms with van der Waals surface area (Å²) in [5, 5.41) is 0. The smallest absolute Gasteiger partial charge is 0.0201 e. The van der Waals surface area contributed by atoms with Crippen LogP contribution in [0.3, 0.4) is 0 Å². The Kier molecular flexibility index (Phi) is 1.85. The summed E-state index contributed by atoms with van der Waals surface area (Å²) in [6.07, 6.45) is 7.97. The van der Waals surface area contributed by atoms with Crippen LogP contribution in [0.1, 0.15) is 32.1 Å². The second kappa shape index (κ2) is 2.69. The molecule has 0 aromatic carbocycles. The van der Waals surface area contributed by atoms with Gasteiger partial charge in [0.2, 0.25) is 0 Å². The fourth-order valence-corrected chi connectivity index (χ4v) is 4.54. The maximum absolute atomic E-state index is 2.49. The maximum atomic E-state index is 2.49. The van der Waals surface area contributed by atoms with E-state index >= 15 is 0 Å². The Bertz CT molecular complexity index is 110. The monoisotopic (exact) mass is 154 g/mol. The molecule has 0 heterocycles. The van der Waals surface area contributed by atoms with Gasteiger partial charge in [0.25, 0.3) is 0 Å². The van der Waals surface area contributed by atoms with Gasteiger partial charge >= 0.3 is 0 Å². The molecule has 2 saturated carbocycles. The Labute approximate surface area is 66.2 Å². The van der Waals surface area contributed by atoms with E-state index in [9.17, 15) is 0 Å². The van der Waals surface area contributed by atoms with E-state index in [0.717, 1.165) is 0 Å². The second-order valence-corrected chi connectivity index (χ2v) is 6.17. The summed E-state index contributed by atoms with van der Waals surface area (Å²) in [5.41, 5.74) is 1.25. The highest BCUT2D eigenvalue weighted by Gasteiger charge is 2.35. The van der Waals surface area contributed by atoms with Gasteiger partial charge in [0.15, 0.2) is 0 Å². The fourth-order valence-electron chi connectivity index (χ4n) is 3.02. The Morgan fingerprint density at radius 2 is 1.70 bits per heavy atom. The molecule has 0 aromatic heterocycles. The molecule has 2 atom stereocenters. The number of hydrogen-bond donors (Lipinski definition) is 0. The predicted octanol–water partition coefficient (Wildman–Crippen LogP) is 2.20. The second-order valence-electron chi connectivity index (χ2n) is 4.20. The molecule has 2 aliphatic rings. The van der Waals surface area contributed by atoms with Crippen LogP contribution in [0.15, 0.2) is 0 Å². The van der Waals surface area contributed by atoms with E-state index < -0.39 is 0 Å². The highest BCUT2D eigenvalue weighted by atomic mass is 28.2. The number of rotatable bonds is 1. The van der Waals surface area contributed by atoms with Gasteiger partial charge in [-0.3, -0.25) is 0 Å². The van der Waals surface area contributed by atoms with Crippen molar-refractivity contribution in [2.24, 2.45) is 11.8 Å². The van der Waals surface area contributed by atoms with Gasteiger partial charge in [-0.1, -0.05) is 44.2 Å². The Morgan fingerprint density at radius 3 is 2.20 bits per heavy atom. The number of hydrogen-bond acceptors (Lipinski definition) is 0. The van der Waals surface area contributed by atoms with Gasteiger partial charge in [-0.15, -0.1) is 0 Å². The molecule has 2 rings (SSSR count). The number of fused-ring (bicyclic) bond motifs is 1. The van der Waals surface area contributed by atoms with Crippen molar-refractivity contribution >= 4 is 9.52 Å². The van der Waals surface area contributed by atoms with Crippen LogP contribution in [0.2, 0.25) is 12.1 Å². The lowest BCUT2D eigenvalue weighted by molar-refractivity contribution is 0.457. The lowest BCUT2D eigenvalue weighted by atomic mass is 10.0. The van der Waals surface area contributed by atoms with Crippen LogP contribution >= 0.6 is 0 Å². The van der Waals surface area contributed by atoms with Crippen LogP contribution in [-0.4, -0.2) is 9.52 Å².